The van der Waals surface area contributed by atoms with Crippen molar-refractivity contribution in [3.8, 4) is 0 Å². The van der Waals surface area contributed by atoms with E-state index in [1.165, 1.54) is 0 Å². The quantitative estimate of drug-likeness (QED) is 0.858. The lowest BCUT2D eigenvalue weighted by Gasteiger charge is -2.10. The summed E-state index contributed by atoms with van der Waals surface area (Å²) in [4.78, 5) is 11.9. The number of carbonyl (C=O) groups is 1. The van der Waals surface area contributed by atoms with Gasteiger partial charge in [-0.15, -0.1) is 0 Å². The molecule has 0 aromatic heterocycles. The third-order valence-electron chi connectivity index (χ3n) is 2.67. The first-order valence-electron chi connectivity index (χ1n) is 5.60. The Morgan fingerprint density at radius 3 is 2.25 bits per heavy atom. The van der Waals surface area contributed by atoms with E-state index < -0.39 is 28.9 Å². The monoisotopic (exact) mass is 343 g/mol. The second-order valence-electron chi connectivity index (χ2n) is 4.16. The van der Waals surface area contributed by atoms with Crippen molar-refractivity contribution in [1.29, 1.82) is 0 Å². The molecule has 0 unspecified atom stereocenters. The van der Waals surface area contributed by atoms with E-state index in [0.29, 0.717) is 17.8 Å². The molecule has 0 aliphatic carbocycles. The van der Waals surface area contributed by atoms with Gasteiger partial charge in [-0.2, -0.15) is 0 Å². The number of rotatable bonds is 2. The highest BCUT2D eigenvalue weighted by atomic mass is 79.9. The van der Waals surface area contributed by atoms with E-state index in [2.05, 4.69) is 21.2 Å². The van der Waals surface area contributed by atoms with Crippen molar-refractivity contribution >= 4 is 27.5 Å². The summed E-state index contributed by atoms with van der Waals surface area (Å²) >= 11 is 3.26. The molecule has 2 aromatic rings. The van der Waals surface area contributed by atoms with Crippen LogP contribution in [0.15, 0.2) is 34.8 Å². The first kappa shape index (κ1) is 14.6. The van der Waals surface area contributed by atoms with Crippen molar-refractivity contribution in [1.82, 2.24) is 0 Å². The van der Waals surface area contributed by atoms with Gasteiger partial charge < -0.3 is 5.32 Å². The van der Waals surface area contributed by atoms with E-state index in [1.807, 2.05) is 0 Å². The summed E-state index contributed by atoms with van der Waals surface area (Å²) in [6, 6.07) is 5.95. The number of hydrogen-bond acceptors (Lipinski definition) is 1. The van der Waals surface area contributed by atoms with E-state index in [4.69, 9.17) is 0 Å². The molecule has 0 spiro atoms. The molecule has 0 bridgehead atoms. The molecule has 0 heterocycles. The molecule has 0 saturated carbocycles. The maximum absolute atomic E-state index is 13.5. The van der Waals surface area contributed by atoms with Gasteiger partial charge in [0.2, 0.25) is 0 Å². The van der Waals surface area contributed by atoms with E-state index >= 15 is 0 Å². The lowest BCUT2D eigenvalue weighted by molar-refractivity contribution is 0.101. The molecule has 6 heteroatoms. The number of anilines is 1. The molecule has 1 amide bonds. The van der Waals surface area contributed by atoms with Crippen LogP contribution in [-0.4, -0.2) is 5.91 Å². The summed E-state index contributed by atoms with van der Waals surface area (Å²) in [6.45, 7) is 1.73. The Balaban J connectivity index is 2.33. The van der Waals surface area contributed by atoms with Gasteiger partial charge in [-0.25, -0.2) is 13.2 Å². The second-order valence-corrected chi connectivity index (χ2v) is 5.07. The maximum Gasteiger partial charge on any atom is 0.261 e. The van der Waals surface area contributed by atoms with E-state index in [0.717, 1.165) is 10.0 Å². The Kier molecular flexibility index (Phi) is 4.13. The van der Waals surface area contributed by atoms with Gasteiger partial charge in [0.1, 0.15) is 23.0 Å². The van der Waals surface area contributed by atoms with Crippen molar-refractivity contribution in [2.75, 3.05) is 5.32 Å². The smallest absolute Gasteiger partial charge is 0.261 e. The summed E-state index contributed by atoms with van der Waals surface area (Å²) < 4.78 is 40.6. The normalized spacial score (nSPS) is 10.4. The summed E-state index contributed by atoms with van der Waals surface area (Å²) in [5.41, 5.74) is 0.325. The van der Waals surface area contributed by atoms with Crippen molar-refractivity contribution in [3.05, 3.63) is 63.4 Å². The van der Waals surface area contributed by atoms with Gasteiger partial charge in [0.15, 0.2) is 0 Å². The lowest BCUT2D eigenvalue weighted by Crippen LogP contribution is -2.16. The molecule has 0 fully saturated rings. The van der Waals surface area contributed by atoms with E-state index in [1.54, 1.807) is 25.1 Å². The van der Waals surface area contributed by atoms with Gasteiger partial charge in [0.25, 0.3) is 5.91 Å². The lowest BCUT2D eigenvalue weighted by atomic mass is 10.1. The van der Waals surface area contributed by atoms with Crippen molar-refractivity contribution < 1.29 is 18.0 Å². The molecule has 0 aliphatic heterocycles. The van der Waals surface area contributed by atoms with Crippen LogP contribution in [0.3, 0.4) is 0 Å². The second kappa shape index (κ2) is 5.66. The van der Waals surface area contributed by atoms with Gasteiger partial charge in [-0.05, 0) is 30.7 Å². The summed E-state index contributed by atoms with van der Waals surface area (Å²) in [5, 5.41) is 2.39. The fourth-order valence-corrected chi connectivity index (χ4v) is 2.19. The largest absolute Gasteiger partial charge is 0.322 e. The highest BCUT2D eigenvalue weighted by Crippen LogP contribution is 2.22. The predicted molar refractivity (Wildman–Crippen MR) is 73.1 cm³/mol. The maximum atomic E-state index is 13.5. The average Bonchev–Trinajstić information content (AvgIpc) is 2.31. The van der Waals surface area contributed by atoms with Crippen molar-refractivity contribution in [3.63, 3.8) is 0 Å². The van der Waals surface area contributed by atoms with Crippen LogP contribution in [0.5, 0.6) is 0 Å². The minimum atomic E-state index is -1.24. The zero-order chi connectivity index (χ0) is 14.9. The number of hydrogen-bond donors (Lipinski definition) is 1. The van der Waals surface area contributed by atoms with Crippen molar-refractivity contribution in [2.45, 2.75) is 6.92 Å². The number of amides is 1. The molecule has 2 aromatic carbocycles. The number of nitrogens with one attached hydrogen (secondary N) is 1. The summed E-state index contributed by atoms with van der Waals surface area (Å²) in [6.07, 6.45) is 0. The minimum absolute atomic E-state index is 0.418. The predicted octanol–water partition coefficient (Wildman–Crippen LogP) is 4.43. The molecular weight excluding hydrogens is 335 g/mol. The molecule has 20 heavy (non-hydrogen) atoms. The molecule has 0 aliphatic rings. The molecule has 0 atom stereocenters. The van der Waals surface area contributed by atoms with Gasteiger partial charge in [0.05, 0.1) is 0 Å². The fourth-order valence-electron chi connectivity index (χ4n) is 1.71. The Hall–Kier alpha value is -1.82. The molecule has 0 saturated heterocycles. The third kappa shape index (κ3) is 3.01. The molecule has 0 radical (unpaired) electrons. The van der Waals surface area contributed by atoms with Crippen LogP contribution >= 0.6 is 15.9 Å². The SMILES string of the molecule is Cc1cc(Br)ccc1NC(=O)c1c(F)cc(F)cc1F. The zero-order valence-electron chi connectivity index (χ0n) is 10.3. The van der Waals surface area contributed by atoms with Gasteiger partial charge in [0, 0.05) is 22.3 Å². The Bertz CT molecular complexity index is 665. The van der Waals surface area contributed by atoms with Crippen LogP contribution in [0.25, 0.3) is 0 Å². The van der Waals surface area contributed by atoms with E-state index in [9.17, 15) is 18.0 Å². The third-order valence-corrected chi connectivity index (χ3v) is 3.16. The standard InChI is InChI=1S/C14H9BrF3NO/c1-7-4-8(15)2-3-12(7)19-14(20)13-10(17)5-9(16)6-11(13)18/h2-6H,1H3,(H,19,20). The zero-order valence-corrected chi connectivity index (χ0v) is 11.9. The number of aryl methyl sites for hydroxylation is 1. The highest BCUT2D eigenvalue weighted by molar-refractivity contribution is 9.10. The van der Waals surface area contributed by atoms with Crippen LogP contribution in [-0.2, 0) is 0 Å². The molecule has 1 N–H and O–H groups in total. The van der Waals surface area contributed by atoms with Gasteiger partial charge in [-0.3, -0.25) is 4.79 Å². The number of halogens is 4. The van der Waals surface area contributed by atoms with Gasteiger partial charge >= 0.3 is 0 Å². The Labute approximate surface area is 121 Å². The van der Waals surface area contributed by atoms with Crippen molar-refractivity contribution in [2.24, 2.45) is 0 Å². The topological polar surface area (TPSA) is 29.1 Å². The Morgan fingerprint density at radius 2 is 1.70 bits per heavy atom. The summed E-state index contributed by atoms with van der Waals surface area (Å²) in [7, 11) is 0. The first-order chi connectivity index (χ1) is 9.38. The average molecular weight is 344 g/mol. The van der Waals surface area contributed by atoms with Crippen LogP contribution in [0, 0.1) is 24.4 Å². The van der Waals surface area contributed by atoms with Crippen LogP contribution < -0.4 is 5.32 Å². The Morgan fingerprint density at radius 1 is 1.10 bits per heavy atom. The van der Waals surface area contributed by atoms with Crippen LogP contribution in [0.2, 0.25) is 0 Å². The summed E-state index contributed by atoms with van der Waals surface area (Å²) in [5.74, 6) is -4.52. The van der Waals surface area contributed by atoms with Crippen LogP contribution in [0.1, 0.15) is 15.9 Å². The molecular formula is C14H9BrF3NO. The highest BCUT2D eigenvalue weighted by Gasteiger charge is 2.19. The fraction of sp³-hybridized carbons (Fsp3) is 0.0714. The van der Waals surface area contributed by atoms with Gasteiger partial charge in [-0.1, -0.05) is 15.9 Å². The van der Waals surface area contributed by atoms with E-state index in [-0.39, 0.29) is 0 Å². The number of carbonyl (C=O) groups excluding carboxylic acids is 1. The molecule has 2 rings (SSSR count). The number of benzene rings is 2. The minimum Gasteiger partial charge on any atom is -0.322 e. The first-order valence-corrected chi connectivity index (χ1v) is 6.40. The molecule has 2 nitrogen and oxygen atoms in total. The van der Waals surface area contributed by atoms with Crippen LogP contribution in [0.4, 0.5) is 18.9 Å². The molecule has 104 valence electrons.